The van der Waals surface area contributed by atoms with Gasteiger partial charge in [0.05, 0.1) is 7.11 Å². The molecule has 0 aliphatic carbocycles. The number of hydrogen-bond acceptors (Lipinski definition) is 3. The van der Waals surface area contributed by atoms with E-state index in [0.717, 1.165) is 11.1 Å². The lowest BCUT2D eigenvalue weighted by atomic mass is 10.1. The first-order valence-electron chi connectivity index (χ1n) is 6.52. The molecule has 0 spiro atoms. The van der Waals surface area contributed by atoms with Crippen LogP contribution in [0.2, 0.25) is 0 Å². The van der Waals surface area contributed by atoms with Crippen LogP contribution in [-0.2, 0) is 17.8 Å². The molecule has 3 nitrogen and oxygen atoms in total. The van der Waals surface area contributed by atoms with E-state index in [9.17, 15) is 4.79 Å². The fourth-order valence-corrected chi connectivity index (χ4v) is 1.96. The van der Waals surface area contributed by atoms with E-state index in [4.69, 9.17) is 9.47 Å². The van der Waals surface area contributed by atoms with Gasteiger partial charge >= 0.3 is 0 Å². The Morgan fingerprint density at radius 3 is 2.40 bits per heavy atom. The first kappa shape index (κ1) is 14.1. The number of hydrogen-bond donors (Lipinski definition) is 0. The number of carbonyl (C=O) groups excluding carboxylic acids is 1. The first-order chi connectivity index (χ1) is 9.69. The Balaban J connectivity index is 2.09. The third kappa shape index (κ3) is 3.85. The highest BCUT2D eigenvalue weighted by Gasteiger charge is 2.07. The van der Waals surface area contributed by atoms with Gasteiger partial charge in [0.1, 0.15) is 12.4 Å². The first-order valence-corrected chi connectivity index (χ1v) is 6.52. The minimum Gasteiger partial charge on any atom is -0.493 e. The lowest BCUT2D eigenvalue weighted by Crippen LogP contribution is -2.00. The van der Waals surface area contributed by atoms with Crippen molar-refractivity contribution in [3.05, 3.63) is 59.7 Å². The summed E-state index contributed by atoms with van der Waals surface area (Å²) in [7, 11) is 1.60. The van der Waals surface area contributed by atoms with Crippen molar-refractivity contribution < 1.29 is 14.3 Å². The van der Waals surface area contributed by atoms with Gasteiger partial charge in [0.2, 0.25) is 0 Å². The summed E-state index contributed by atoms with van der Waals surface area (Å²) in [5.74, 6) is 1.47. The zero-order chi connectivity index (χ0) is 14.4. The molecule has 3 heteroatoms. The Hall–Kier alpha value is -2.29. The number of rotatable bonds is 6. The average molecular weight is 270 g/mol. The zero-order valence-electron chi connectivity index (χ0n) is 11.8. The maximum Gasteiger partial charge on any atom is 0.161 e. The van der Waals surface area contributed by atoms with E-state index >= 15 is 0 Å². The van der Waals surface area contributed by atoms with Crippen LogP contribution in [0.1, 0.15) is 18.1 Å². The van der Waals surface area contributed by atoms with Crippen molar-refractivity contribution >= 4 is 5.78 Å². The number of Topliss-reactive ketones (excluding diaryl/α,β-unsaturated/α-hetero) is 1. The number of methoxy groups -OCH3 is 1. The molecule has 0 saturated carbocycles. The molecule has 0 heterocycles. The number of ether oxygens (including phenoxy) is 2. The third-order valence-corrected chi connectivity index (χ3v) is 2.92. The van der Waals surface area contributed by atoms with Crippen LogP contribution in [0.4, 0.5) is 0 Å². The summed E-state index contributed by atoms with van der Waals surface area (Å²) in [6.07, 6.45) is 0.412. The second-order valence-electron chi connectivity index (χ2n) is 4.64. The predicted octanol–water partition coefficient (Wildman–Crippen LogP) is 3.41. The van der Waals surface area contributed by atoms with Gasteiger partial charge in [-0.15, -0.1) is 0 Å². The molecule has 2 aromatic rings. The zero-order valence-corrected chi connectivity index (χ0v) is 11.8. The summed E-state index contributed by atoms with van der Waals surface area (Å²) in [4.78, 5) is 11.1. The maximum absolute atomic E-state index is 11.1. The third-order valence-electron chi connectivity index (χ3n) is 2.92. The number of ketones is 1. The van der Waals surface area contributed by atoms with E-state index in [1.807, 2.05) is 48.5 Å². The monoisotopic (exact) mass is 270 g/mol. The molecule has 0 bridgehead atoms. The van der Waals surface area contributed by atoms with Crippen LogP contribution in [-0.4, -0.2) is 12.9 Å². The van der Waals surface area contributed by atoms with Crippen molar-refractivity contribution in [1.82, 2.24) is 0 Å². The molecule has 2 rings (SSSR count). The van der Waals surface area contributed by atoms with E-state index in [1.165, 1.54) is 0 Å². The molecule has 0 aliphatic rings. The molecule has 0 amide bonds. The molecule has 0 fully saturated rings. The van der Waals surface area contributed by atoms with Gasteiger partial charge < -0.3 is 9.47 Å². The van der Waals surface area contributed by atoms with Crippen LogP contribution >= 0.6 is 0 Å². The highest BCUT2D eigenvalue weighted by Crippen LogP contribution is 2.29. The molecular weight excluding hydrogens is 252 g/mol. The average Bonchev–Trinajstić information content (AvgIpc) is 2.46. The van der Waals surface area contributed by atoms with Crippen molar-refractivity contribution in [1.29, 1.82) is 0 Å². The minimum atomic E-state index is 0.130. The molecule has 2 aromatic carbocycles. The SMILES string of the molecule is COc1cc(CC(C)=O)ccc1OCc1ccccc1. The maximum atomic E-state index is 11.1. The molecule has 0 N–H and O–H groups in total. The molecule has 0 aliphatic heterocycles. The standard InChI is InChI=1S/C17H18O3/c1-13(18)10-15-8-9-16(17(11-15)19-2)20-12-14-6-4-3-5-7-14/h3-9,11H,10,12H2,1-2H3. The highest BCUT2D eigenvalue weighted by atomic mass is 16.5. The largest absolute Gasteiger partial charge is 0.493 e. The van der Waals surface area contributed by atoms with E-state index in [1.54, 1.807) is 14.0 Å². The second-order valence-corrected chi connectivity index (χ2v) is 4.64. The Morgan fingerprint density at radius 2 is 1.75 bits per heavy atom. The quantitative estimate of drug-likeness (QED) is 0.807. The minimum absolute atomic E-state index is 0.130. The highest BCUT2D eigenvalue weighted by molar-refractivity contribution is 5.78. The van der Waals surface area contributed by atoms with Crippen molar-refractivity contribution in [2.45, 2.75) is 20.0 Å². The van der Waals surface area contributed by atoms with E-state index < -0.39 is 0 Å². The van der Waals surface area contributed by atoms with E-state index in [2.05, 4.69) is 0 Å². The van der Waals surface area contributed by atoms with Gasteiger partial charge in [0.25, 0.3) is 0 Å². The molecule has 0 atom stereocenters. The van der Waals surface area contributed by atoms with Crippen LogP contribution < -0.4 is 9.47 Å². The molecule has 20 heavy (non-hydrogen) atoms. The summed E-state index contributed by atoms with van der Waals surface area (Å²) in [5.41, 5.74) is 2.03. The van der Waals surface area contributed by atoms with Crippen LogP contribution in [0.3, 0.4) is 0 Å². The van der Waals surface area contributed by atoms with Gasteiger partial charge in [-0.1, -0.05) is 36.4 Å². The van der Waals surface area contributed by atoms with Crippen molar-refractivity contribution in [2.24, 2.45) is 0 Å². The fourth-order valence-electron chi connectivity index (χ4n) is 1.96. The van der Waals surface area contributed by atoms with Gasteiger partial charge in [0.15, 0.2) is 11.5 Å². The van der Waals surface area contributed by atoms with Crippen molar-refractivity contribution in [3.8, 4) is 11.5 Å². The molecule has 0 unspecified atom stereocenters. The Labute approximate surface area is 119 Å². The summed E-state index contributed by atoms with van der Waals surface area (Å²) < 4.78 is 11.1. The molecule has 0 aromatic heterocycles. The lowest BCUT2D eigenvalue weighted by Gasteiger charge is -2.12. The Morgan fingerprint density at radius 1 is 1.00 bits per heavy atom. The van der Waals surface area contributed by atoms with Gasteiger partial charge in [-0.05, 0) is 30.2 Å². The van der Waals surface area contributed by atoms with Crippen LogP contribution in [0.5, 0.6) is 11.5 Å². The van der Waals surface area contributed by atoms with Gasteiger partial charge in [-0.25, -0.2) is 0 Å². The summed E-state index contributed by atoms with van der Waals surface area (Å²) in [6, 6.07) is 15.5. The smallest absolute Gasteiger partial charge is 0.161 e. The molecule has 104 valence electrons. The lowest BCUT2D eigenvalue weighted by molar-refractivity contribution is -0.116. The summed E-state index contributed by atoms with van der Waals surface area (Å²) in [6.45, 7) is 2.07. The summed E-state index contributed by atoms with van der Waals surface area (Å²) in [5, 5.41) is 0. The van der Waals surface area contributed by atoms with Gasteiger partial charge in [0, 0.05) is 6.42 Å². The normalized spacial score (nSPS) is 10.1. The Kier molecular flexibility index (Phi) is 4.77. The molecule has 0 radical (unpaired) electrons. The topological polar surface area (TPSA) is 35.5 Å². The van der Waals surface area contributed by atoms with Crippen molar-refractivity contribution in [3.63, 3.8) is 0 Å². The van der Waals surface area contributed by atoms with Crippen LogP contribution in [0.25, 0.3) is 0 Å². The molecular formula is C17H18O3. The number of benzene rings is 2. The molecule has 0 saturated heterocycles. The van der Waals surface area contributed by atoms with Crippen molar-refractivity contribution in [2.75, 3.05) is 7.11 Å². The van der Waals surface area contributed by atoms with E-state index in [-0.39, 0.29) is 5.78 Å². The Bertz CT molecular complexity index is 576. The van der Waals surface area contributed by atoms with Gasteiger partial charge in [-0.3, -0.25) is 4.79 Å². The van der Waals surface area contributed by atoms with Crippen LogP contribution in [0, 0.1) is 0 Å². The summed E-state index contributed by atoms with van der Waals surface area (Å²) >= 11 is 0. The van der Waals surface area contributed by atoms with Gasteiger partial charge in [-0.2, -0.15) is 0 Å². The van der Waals surface area contributed by atoms with Crippen LogP contribution in [0.15, 0.2) is 48.5 Å². The fraction of sp³-hybridized carbons (Fsp3) is 0.235. The predicted molar refractivity (Wildman–Crippen MR) is 78.2 cm³/mol. The second kappa shape index (κ2) is 6.75. The number of carbonyl (C=O) groups is 1. The van der Waals surface area contributed by atoms with E-state index in [0.29, 0.717) is 24.5 Å².